The van der Waals surface area contributed by atoms with Gasteiger partial charge in [-0.1, -0.05) is 84.1 Å². The standard InChI is InChI=1S/C49H66N4O8S2/c1-30(2)42-28-63-62-27-40-39-26-38-32-16-19-36(55)25-35(54)18-15-31-17-20-43(56)45(59-4)37(31)13-7-10-33(24-32)44(46(38)61-47(39)57)60-29-51-49(22-8-14-41(40)52-48(50)53-42)21-6-5-11-34(49)12-9-23-58-3/h17,20,24,30,34,36,39-42,47,51,55-57H,5-6,9-12,15-16,18-19,21-23,25-29H2,1-4H3,(H3,50,52,53)/t34-,36+,39-,40-,41+,42-,47+,49-/m0/s1. The highest BCUT2D eigenvalue weighted by Gasteiger charge is 2.43. The fraction of sp³-hybridized carbons (Fsp3) is 0.633. The van der Waals surface area contributed by atoms with Gasteiger partial charge in [-0.3, -0.25) is 10.1 Å². The van der Waals surface area contributed by atoms with E-state index < -0.39 is 18.4 Å². The summed E-state index contributed by atoms with van der Waals surface area (Å²) in [6.45, 7) is 5.20. The Labute approximate surface area is 381 Å². The fourth-order valence-electron chi connectivity index (χ4n) is 10.0. The molecule has 342 valence electrons. The predicted octanol–water partition coefficient (Wildman–Crippen LogP) is 6.06. The van der Waals surface area contributed by atoms with Gasteiger partial charge in [0.15, 0.2) is 29.0 Å². The van der Waals surface area contributed by atoms with Crippen LogP contribution in [0.1, 0.15) is 106 Å². The van der Waals surface area contributed by atoms with Crippen LogP contribution in [-0.2, 0) is 35.2 Å². The van der Waals surface area contributed by atoms with Gasteiger partial charge in [-0.05, 0) is 80.4 Å². The summed E-state index contributed by atoms with van der Waals surface area (Å²) < 4.78 is 24.7. The van der Waals surface area contributed by atoms with Crippen molar-refractivity contribution in [2.75, 3.05) is 39.1 Å². The number of nitrogens with zero attached hydrogens (tertiary/aromatic N) is 1. The lowest BCUT2D eigenvalue weighted by Crippen LogP contribution is -2.54. The molecular weight excluding hydrogens is 837 g/mol. The number of nitrogens with two attached hydrogens (primary N) is 1. The number of aliphatic hydroxyl groups excluding tert-OH is 2. The number of aromatic hydroxyl groups is 1. The highest BCUT2D eigenvalue weighted by Crippen LogP contribution is 2.47. The monoisotopic (exact) mass is 902 g/mol. The lowest BCUT2D eigenvalue weighted by molar-refractivity contribution is -0.121. The Balaban J connectivity index is 1.37. The molecule has 0 unspecified atom stereocenters. The number of carbonyl (C=O) groups excluding carboxylic acids is 1. The van der Waals surface area contributed by atoms with E-state index in [0.717, 1.165) is 66.5 Å². The number of phenolic OH excluding ortho intramolecular Hbond substituents is 1. The molecule has 0 radical (unpaired) electrons. The van der Waals surface area contributed by atoms with Gasteiger partial charge in [0.2, 0.25) is 6.29 Å². The molecule has 8 atom stereocenters. The number of aliphatic hydroxyl groups is 2. The van der Waals surface area contributed by atoms with Crippen LogP contribution in [0.3, 0.4) is 0 Å². The van der Waals surface area contributed by atoms with E-state index >= 15 is 0 Å². The van der Waals surface area contributed by atoms with Crippen molar-refractivity contribution in [2.24, 2.45) is 34.4 Å². The van der Waals surface area contributed by atoms with Gasteiger partial charge in [-0.15, -0.1) is 0 Å². The van der Waals surface area contributed by atoms with Gasteiger partial charge < -0.3 is 45.3 Å². The number of hydrogen-bond acceptors (Lipinski definition) is 14. The van der Waals surface area contributed by atoms with Crippen LogP contribution in [0, 0.1) is 47.4 Å². The molecule has 14 heteroatoms. The average molecular weight is 903 g/mol. The van der Waals surface area contributed by atoms with E-state index in [1.54, 1.807) is 40.8 Å². The number of fused-ring (bicyclic) bond motifs is 7. The quantitative estimate of drug-likeness (QED) is 0.112. The molecule has 0 saturated heterocycles. The van der Waals surface area contributed by atoms with Crippen LogP contribution in [0.25, 0.3) is 0 Å². The van der Waals surface area contributed by atoms with Crippen LogP contribution in [0.5, 0.6) is 23.0 Å². The molecule has 12 nitrogen and oxygen atoms in total. The van der Waals surface area contributed by atoms with Crippen molar-refractivity contribution in [3.05, 3.63) is 46.0 Å². The molecule has 6 bridgehead atoms. The molecule has 2 aromatic carbocycles. The summed E-state index contributed by atoms with van der Waals surface area (Å²) in [6, 6.07) is 5.06. The number of hydrogen-bond donors (Lipinski definition) is 6. The Morgan fingerprint density at radius 3 is 2.67 bits per heavy atom. The summed E-state index contributed by atoms with van der Waals surface area (Å²) in [5.41, 5.74) is 10.3. The number of benzene rings is 2. The zero-order valence-corrected chi connectivity index (χ0v) is 38.9. The Morgan fingerprint density at radius 2 is 1.86 bits per heavy atom. The number of aliphatic imine (C=N–C) groups is 1. The van der Waals surface area contributed by atoms with E-state index in [2.05, 4.69) is 54.2 Å². The number of nitrogens with one attached hydrogen (secondary N) is 2. The van der Waals surface area contributed by atoms with Gasteiger partial charge in [-0.2, -0.15) is 0 Å². The minimum Gasteiger partial charge on any atom is -0.504 e. The number of methoxy groups -OCH3 is 2. The van der Waals surface area contributed by atoms with Crippen molar-refractivity contribution in [3.8, 4) is 46.7 Å². The molecule has 0 amide bonds. The number of ether oxygens (including phenoxy) is 4. The highest BCUT2D eigenvalue weighted by molar-refractivity contribution is 8.76. The Morgan fingerprint density at radius 1 is 1.02 bits per heavy atom. The molecule has 63 heavy (non-hydrogen) atoms. The van der Waals surface area contributed by atoms with E-state index in [-0.39, 0.29) is 66.7 Å². The smallest absolute Gasteiger partial charge is 0.201 e. The average Bonchev–Trinajstić information content (AvgIpc) is 3.25. The van der Waals surface area contributed by atoms with Crippen LogP contribution in [0.2, 0.25) is 0 Å². The third kappa shape index (κ3) is 11.4. The third-order valence-corrected chi connectivity index (χ3v) is 16.2. The summed E-state index contributed by atoms with van der Waals surface area (Å²) in [7, 11) is 6.80. The van der Waals surface area contributed by atoms with E-state index in [1.165, 1.54) is 7.11 Å². The number of guanidine groups is 1. The van der Waals surface area contributed by atoms with Crippen molar-refractivity contribution in [1.29, 1.82) is 0 Å². The van der Waals surface area contributed by atoms with Gasteiger partial charge in [0, 0.05) is 79.4 Å². The largest absolute Gasteiger partial charge is 0.504 e. The van der Waals surface area contributed by atoms with E-state index in [9.17, 15) is 20.1 Å². The minimum atomic E-state index is -1.19. The maximum atomic E-state index is 13.2. The molecule has 4 aliphatic heterocycles. The summed E-state index contributed by atoms with van der Waals surface area (Å²) in [5.74, 6) is 17.0. The lowest BCUT2D eigenvalue weighted by atomic mass is 9.69. The number of Topliss-reactive ketones (excluding diaryl/α,β-unsaturated/α-hetero) is 1. The maximum absolute atomic E-state index is 13.2. The summed E-state index contributed by atoms with van der Waals surface area (Å²) in [6.07, 6.45) is 6.96. The molecule has 1 saturated carbocycles. The van der Waals surface area contributed by atoms with Crippen LogP contribution >= 0.6 is 21.6 Å². The Hall–Kier alpha value is -3.76. The van der Waals surface area contributed by atoms with Crippen LogP contribution in [-0.4, -0.2) is 96.1 Å². The second-order valence-electron chi connectivity index (χ2n) is 18.2. The zero-order valence-electron chi connectivity index (χ0n) is 37.3. The first-order chi connectivity index (χ1) is 30.5. The Kier molecular flexibility index (Phi) is 16.4. The highest BCUT2D eigenvalue weighted by atomic mass is 33.1. The Bertz CT molecular complexity index is 2090. The summed E-state index contributed by atoms with van der Waals surface area (Å²) in [5, 5.41) is 41.7. The number of phenols is 1. The van der Waals surface area contributed by atoms with E-state index in [0.29, 0.717) is 79.3 Å². The molecule has 2 aliphatic carbocycles. The van der Waals surface area contributed by atoms with E-state index in [1.807, 2.05) is 0 Å². The van der Waals surface area contributed by atoms with Gasteiger partial charge >= 0.3 is 0 Å². The van der Waals surface area contributed by atoms with Gasteiger partial charge in [-0.25, -0.2) is 4.99 Å². The number of rotatable bonds is 6. The van der Waals surface area contributed by atoms with Crippen molar-refractivity contribution >= 4 is 33.3 Å². The topological polar surface area (TPSA) is 177 Å². The molecule has 7 N–H and O–H groups in total. The van der Waals surface area contributed by atoms with E-state index in [4.69, 9.17) is 29.7 Å². The number of aryl methyl sites for hydroxylation is 2. The summed E-state index contributed by atoms with van der Waals surface area (Å²) >= 11 is 0. The lowest BCUT2D eigenvalue weighted by Gasteiger charge is -2.45. The zero-order chi connectivity index (χ0) is 44.5. The van der Waals surface area contributed by atoms with Gasteiger partial charge in [0.25, 0.3) is 0 Å². The second kappa shape index (κ2) is 21.9. The molecule has 0 aromatic heterocycles. The van der Waals surface area contributed by atoms with Crippen LogP contribution in [0.15, 0.2) is 23.2 Å². The van der Waals surface area contributed by atoms with Gasteiger partial charge in [0.1, 0.15) is 12.5 Å². The first-order valence-electron chi connectivity index (χ1n) is 22.8. The van der Waals surface area contributed by atoms with Crippen LogP contribution in [0.4, 0.5) is 0 Å². The first kappa shape index (κ1) is 47.2. The third-order valence-electron chi connectivity index (χ3n) is 13.7. The number of ketones is 1. The molecule has 8 rings (SSSR count). The molecule has 2 aromatic rings. The molecule has 1 fully saturated rings. The van der Waals surface area contributed by atoms with Crippen molar-refractivity contribution in [1.82, 2.24) is 10.6 Å². The second-order valence-corrected chi connectivity index (χ2v) is 20.7. The molecule has 1 spiro atoms. The number of carbonyl (C=O) groups is 1. The summed E-state index contributed by atoms with van der Waals surface area (Å²) in [4.78, 5) is 18.2. The van der Waals surface area contributed by atoms with Crippen LogP contribution < -0.4 is 30.6 Å². The maximum Gasteiger partial charge on any atom is 0.201 e. The first-order valence-corrected chi connectivity index (χ1v) is 25.3. The fourth-order valence-corrected chi connectivity index (χ4v) is 12.9. The SMILES string of the molecule is COCCC[C@@H]1CCCC[C@]12CC#C[C@H]1NC(N)=N[C@H](C(C)C)CSSC[C@H]1[C@@H]1Cc3c4cc(c(c3O[C@H]1O)OCN2)CC#Cc1c(ccc(O)c1OC)CCC(=O)C[C@H](O)CC4. The molecule has 4 heterocycles. The molecule has 6 aliphatic rings. The van der Waals surface area contributed by atoms with Crippen molar-refractivity contribution in [3.63, 3.8) is 0 Å². The normalized spacial score (nSPS) is 29.2. The minimum absolute atomic E-state index is 0.0216. The van der Waals surface area contributed by atoms with Gasteiger partial charge in [0.05, 0.1) is 30.9 Å². The molecular formula is C49H66N4O8S2. The van der Waals surface area contributed by atoms with Crippen molar-refractivity contribution < 1.29 is 39.1 Å². The predicted molar refractivity (Wildman–Crippen MR) is 250 cm³/mol. The van der Waals surface area contributed by atoms with Crippen molar-refractivity contribution in [2.45, 2.75) is 134 Å².